The highest BCUT2D eigenvalue weighted by Crippen LogP contribution is 2.30. The summed E-state index contributed by atoms with van der Waals surface area (Å²) in [7, 11) is 0. The number of halogens is 2. The van der Waals surface area contributed by atoms with E-state index in [-0.39, 0.29) is 16.6 Å². The van der Waals surface area contributed by atoms with Gasteiger partial charge in [0, 0.05) is 6.54 Å². The number of rotatable bonds is 3. The van der Waals surface area contributed by atoms with Crippen molar-refractivity contribution in [3.63, 3.8) is 0 Å². The van der Waals surface area contributed by atoms with Crippen LogP contribution in [0.3, 0.4) is 0 Å². The molecule has 1 aromatic carbocycles. The second kappa shape index (κ2) is 4.59. The van der Waals surface area contributed by atoms with Crippen LogP contribution in [0.25, 0.3) is 0 Å². The Morgan fingerprint density at radius 3 is 2.60 bits per heavy atom. The van der Waals surface area contributed by atoms with Crippen molar-refractivity contribution in [3.05, 3.63) is 28.0 Å². The van der Waals surface area contributed by atoms with E-state index in [1.165, 1.54) is 6.07 Å². The molecule has 0 aliphatic rings. The number of phenolic OH excluding ortho intramolecular Hbond substituents is 1. The van der Waals surface area contributed by atoms with E-state index >= 15 is 0 Å². The van der Waals surface area contributed by atoms with Gasteiger partial charge in [0.2, 0.25) is 0 Å². The lowest BCUT2D eigenvalue weighted by atomic mass is 9.99. The van der Waals surface area contributed by atoms with E-state index < -0.39 is 23.5 Å². The Bertz CT molecular complexity index is 374. The molecule has 0 heterocycles. The quantitative estimate of drug-likeness (QED) is 0.780. The molecule has 0 saturated heterocycles. The second-order valence-corrected chi connectivity index (χ2v) is 3.81. The van der Waals surface area contributed by atoms with Crippen molar-refractivity contribution in [1.82, 2.24) is 0 Å². The topological polar surface area (TPSA) is 83.6 Å². The SMILES string of the molecule is NCC(C(=O)O)c1cc(F)c(O)c(Br)c1. The smallest absolute Gasteiger partial charge is 0.312 e. The van der Waals surface area contributed by atoms with Crippen molar-refractivity contribution in [1.29, 1.82) is 0 Å². The lowest BCUT2D eigenvalue weighted by molar-refractivity contribution is -0.138. The zero-order chi connectivity index (χ0) is 11.6. The number of aliphatic carboxylic acids is 1. The molecule has 0 saturated carbocycles. The first-order valence-electron chi connectivity index (χ1n) is 4.08. The first-order valence-corrected chi connectivity index (χ1v) is 4.87. The van der Waals surface area contributed by atoms with E-state index in [1.807, 2.05) is 0 Å². The molecule has 0 amide bonds. The molecule has 0 spiro atoms. The number of phenols is 1. The molecule has 0 aliphatic carbocycles. The highest BCUT2D eigenvalue weighted by molar-refractivity contribution is 9.10. The van der Waals surface area contributed by atoms with Gasteiger partial charge in [0.05, 0.1) is 10.4 Å². The largest absolute Gasteiger partial charge is 0.504 e. The van der Waals surface area contributed by atoms with E-state index in [0.717, 1.165) is 6.07 Å². The minimum atomic E-state index is -1.13. The third kappa shape index (κ3) is 2.45. The minimum absolute atomic E-state index is 0.109. The van der Waals surface area contributed by atoms with Crippen LogP contribution in [0.5, 0.6) is 5.75 Å². The van der Waals surface area contributed by atoms with E-state index in [1.54, 1.807) is 0 Å². The normalized spacial score (nSPS) is 12.5. The lowest BCUT2D eigenvalue weighted by Crippen LogP contribution is -2.21. The predicted molar refractivity (Wildman–Crippen MR) is 55.2 cm³/mol. The van der Waals surface area contributed by atoms with Crippen molar-refractivity contribution in [2.45, 2.75) is 5.92 Å². The Morgan fingerprint density at radius 2 is 2.20 bits per heavy atom. The fourth-order valence-corrected chi connectivity index (χ4v) is 1.62. The monoisotopic (exact) mass is 277 g/mol. The van der Waals surface area contributed by atoms with Crippen LogP contribution in [0, 0.1) is 5.82 Å². The average Bonchev–Trinajstić information content (AvgIpc) is 2.14. The maximum absolute atomic E-state index is 13.1. The molecule has 4 N–H and O–H groups in total. The maximum Gasteiger partial charge on any atom is 0.312 e. The van der Waals surface area contributed by atoms with Crippen molar-refractivity contribution < 1.29 is 19.4 Å². The van der Waals surface area contributed by atoms with Crippen LogP contribution < -0.4 is 5.73 Å². The van der Waals surface area contributed by atoms with Gasteiger partial charge in [0.15, 0.2) is 11.6 Å². The van der Waals surface area contributed by atoms with Crippen molar-refractivity contribution in [2.24, 2.45) is 5.73 Å². The number of carbonyl (C=O) groups is 1. The molecule has 1 aromatic rings. The number of carboxylic acid groups (broad SMARTS) is 1. The van der Waals surface area contributed by atoms with Crippen molar-refractivity contribution in [3.8, 4) is 5.75 Å². The molecule has 0 fully saturated rings. The van der Waals surface area contributed by atoms with Crippen LogP contribution in [0.15, 0.2) is 16.6 Å². The molecule has 6 heteroatoms. The first kappa shape index (κ1) is 11.9. The second-order valence-electron chi connectivity index (χ2n) is 2.96. The van der Waals surface area contributed by atoms with Gasteiger partial charge in [-0.15, -0.1) is 0 Å². The third-order valence-electron chi connectivity index (χ3n) is 1.98. The lowest BCUT2D eigenvalue weighted by Gasteiger charge is -2.11. The molecule has 82 valence electrons. The standard InChI is InChI=1S/C9H9BrFNO3/c10-6-1-4(2-7(11)8(6)13)5(3-12)9(14)15/h1-2,5,13H,3,12H2,(H,14,15). The van der Waals surface area contributed by atoms with E-state index in [0.29, 0.717) is 0 Å². The van der Waals surface area contributed by atoms with Gasteiger partial charge in [-0.05, 0) is 33.6 Å². The Morgan fingerprint density at radius 1 is 1.60 bits per heavy atom. The molecule has 1 unspecified atom stereocenters. The first-order chi connectivity index (χ1) is 6.97. The van der Waals surface area contributed by atoms with Gasteiger partial charge >= 0.3 is 5.97 Å². The Labute approximate surface area is 93.6 Å². The number of carboxylic acids is 1. The molecule has 4 nitrogen and oxygen atoms in total. The Balaban J connectivity index is 3.20. The van der Waals surface area contributed by atoms with Gasteiger partial charge in [-0.3, -0.25) is 4.79 Å². The molecule has 1 atom stereocenters. The Hall–Kier alpha value is -1.14. The van der Waals surface area contributed by atoms with E-state index in [9.17, 15) is 9.18 Å². The number of nitrogens with two attached hydrogens (primary N) is 1. The summed E-state index contributed by atoms with van der Waals surface area (Å²) in [6.45, 7) is -0.133. The highest BCUT2D eigenvalue weighted by Gasteiger charge is 2.20. The summed E-state index contributed by atoms with van der Waals surface area (Å²) in [5, 5.41) is 17.9. The van der Waals surface area contributed by atoms with Crippen molar-refractivity contribution >= 4 is 21.9 Å². The summed E-state index contributed by atoms with van der Waals surface area (Å²) in [6, 6.07) is 2.30. The fraction of sp³-hybridized carbons (Fsp3) is 0.222. The third-order valence-corrected chi connectivity index (χ3v) is 2.58. The number of aromatic hydroxyl groups is 1. The zero-order valence-corrected chi connectivity index (χ0v) is 9.16. The molecular weight excluding hydrogens is 269 g/mol. The number of hydrogen-bond acceptors (Lipinski definition) is 3. The molecule has 0 aliphatic heterocycles. The van der Waals surface area contributed by atoms with Crippen LogP contribution >= 0.6 is 15.9 Å². The van der Waals surface area contributed by atoms with Gasteiger partial charge < -0.3 is 15.9 Å². The molecular formula is C9H9BrFNO3. The summed E-state index contributed by atoms with van der Waals surface area (Å²) in [4.78, 5) is 10.8. The summed E-state index contributed by atoms with van der Waals surface area (Å²) in [6.07, 6.45) is 0. The fourth-order valence-electron chi connectivity index (χ4n) is 1.17. The number of hydrogen-bond donors (Lipinski definition) is 3. The van der Waals surface area contributed by atoms with Gasteiger partial charge in [-0.2, -0.15) is 0 Å². The highest BCUT2D eigenvalue weighted by atomic mass is 79.9. The van der Waals surface area contributed by atoms with Crippen LogP contribution in [-0.2, 0) is 4.79 Å². The predicted octanol–water partition coefficient (Wildman–Crippen LogP) is 1.42. The summed E-state index contributed by atoms with van der Waals surface area (Å²) in [5.74, 6) is -3.52. The molecule has 0 aromatic heterocycles. The summed E-state index contributed by atoms with van der Waals surface area (Å²) in [5.41, 5.74) is 5.48. The molecule has 0 bridgehead atoms. The molecule has 1 rings (SSSR count). The van der Waals surface area contributed by atoms with Gasteiger partial charge in [-0.25, -0.2) is 4.39 Å². The van der Waals surface area contributed by atoms with Gasteiger partial charge in [0.25, 0.3) is 0 Å². The summed E-state index contributed by atoms with van der Waals surface area (Å²) < 4.78 is 13.2. The average molecular weight is 278 g/mol. The van der Waals surface area contributed by atoms with E-state index in [4.69, 9.17) is 15.9 Å². The molecule has 15 heavy (non-hydrogen) atoms. The van der Waals surface area contributed by atoms with Gasteiger partial charge in [0.1, 0.15) is 0 Å². The minimum Gasteiger partial charge on any atom is -0.504 e. The maximum atomic E-state index is 13.1. The zero-order valence-electron chi connectivity index (χ0n) is 7.58. The van der Waals surface area contributed by atoms with Crippen molar-refractivity contribution in [2.75, 3.05) is 6.54 Å². The van der Waals surface area contributed by atoms with Crippen LogP contribution in [-0.4, -0.2) is 22.7 Å². The molecule has 0 radical (unpaired) electrons. The van der Waals surface area contributed by atoms with Crippen LogP contribution in [0.1, 0.15) is 11.5 Å². The van der Waals surface area contributed by atoms with Gasteiger partial charge in [-0.1, -0.05) is 0 Å². The van der Waals surface area contributed by atoms with Crippen LogP contribution in [0.4, 0.5) is 4.39 Å². The Kier molecular flexibility index (Phi) is 3.65. The summed E-state index contributed by atoms with van der Waals surface area (Å²) >= 11 is 2.92. The number of benzene rings is 1. The van der Waals surface area contributed by atoms with E-state index in [2.05, 4.69) is 15.9 Å². The van der Waals surface area contributed by atoms with Crippen LogP contribution in [0.2, 0.25) is 0 Å².